The molecule has 0 unspecified atom stereocenters. The number of hydrogen-bond donors (Lipinski definition) is 1. The Hall–Kier alpha value is -1.91. The van der Waals surface area contributed by atoms with Crippen LogP contribution in [-0.2, 0) is 6.61 Å². The van der Waals surface area contributed by atoms with Crippen LogP contribution in [-0.4, -0.2) is 9.97 Å². The van der Waals surface area contributed by atoms with Gasteiger partial charge < -0.3 is 9.72 Å². The van der Waals surface area contributed by atoms with Gasteiger partial charge in [0.15, 0.2) is 11.6 Å². The van der Waals surface area contributed by atoms with E-state index in [1.807, 2.05) is 0 Å². The third kappa shape index (κ3) is 2.12. The van der Waals surface area contributed by atoms with Gasteiger partial charge in [-0.2, -0.15) is 4.39 Å². The zero-order chi connectivity index (χ0) is 10.7. The van der Waals surface area contributed by atoms with E-state index in [1.165, 1.54) is 18.5 Å². The summed E-state index contributed by atoms with van der Waals surface area (Å²) in [6.45, 7) is 0.125. The van der Waals surface area contributed by atoms with E-state index in [4.69, 9.17) is 4.74 Å². The van der Waals surface area contributed by atoms with E-state index in [9.17, 15) is 8.78 Å². The Kier molecular flexibility index (Phi) is 2.62. The number of hydrogen-bond acceptors (Lipinski definition) is 2. The van der Waals surface area contributed by atoms with Crippen LogP contribution in [0.1, 0.15) is 5.69 Å². The fraction of sp³-hybridized carbons (Fsp3) is 0.100. The molecule has 0 amide bonds. The fourth-order valence-electron chi connectivity index (χ4n) is 1.11. The lowest BCUT2D eigenvalue weighted by Gasteiger charge is -2.05. The molecule has 0 aliphatic rings. The minimum atomic E-state index is -0.975. The summed E-state index contributed by atoms with van der Waals surface area (Å²) in [6, 6.07) is 3.80. The molecule has 78 valence electrons. The second kappa shape index (κ2) is 4.08. The standard InChI is InChI=1S/C10H8F2N2O/c11-8-2-1-3-9(10(8)12)15-5-7-4-13-6-14-7/h1-4,6H,5H2,(H,13,14). The number of rotatable bonds is 3. The molecule has 1 aromatic heterocycles. The quantitative estimate of drug-likeness (QED) is 0.843. The van der Waals surface area contributed by atoms with Crippen LogP contribution in [0.15, 0.2) is 30.7 Å². The molecular weight excluding hydrogens is 202 g/mol. The summed E-state index contributed by atoms with van der Waals surface area (Å²) in [7, 11) is 0. The molecule has 1 heterocycles. The zero-order valence-corrected chi connectivity index (χ0v) is 7.71. The third-order valence-corrected chi connectivity index (χ3v) is 1.85. The number of aromatic amines is 1. The maximum absolute atomic E-state index is 13.1. The number of aromatic nitrogens is 2. The predicted molar refractivity (Wildman–Crippen MR) is 49.3 cm³/mol. The molecule has 15 heavy (non-hydrogen) atoms. The van der Waals surface area contributed by atoms with Crippen molar-refractivity contribution in [3.05, 3.63) is 48.1 Å². The first kappa shape index (κ1) is 9.64. The molecule has 2 aromatic rings. The van der Waals surface area contributed by atoms with Crippen molar-refractivity contribution in [3.63, 3.8) is 0 Å². The van der Waals surface area contributed by atoms with Gasteiger partial charge >= 0.3 is 0 Å². The molecule has 0 saturated heterocycles. The molecule has 0 aliphatic carbocycles. The first-order chi connectivity index (χ1) is 7.27. The normalized spacial score (nSPS) is 10.3. The lowest BCUT2D eigenvalue weighted by molar-refractivity contribution is 0.281. The average Bonchev–Trinajstić information content (AvgIpc) is 2.73. The number of ether oxygens (including phenoxy) is 1. The molecule has 1 N–H and O–H groups in total. The fourth-order valence-corrected chi connectivity index (χ4v) is 1.11. The molecule has 1 aromatic carbocycles. The number of benzene rings is 1. The summed E-state index contributed by atoms with van der Waals surface area (Å²) < 4.78 is 31.0. The molecule has 0 bridgehead atoms. The Morgan fingerprint density at radius 3 is 2.93 bits per heavy atom. The number of halogens is 2. The van der Waals surface area contributed by atoms with Crippen LogP contribution in [0.4, 0.5) is 8.78 Å². The van der Waals surface area contributed by atoms with Crippen molar-refractivity contribution in [1.29, 1.82) is 0 Å². The lowest BCUT2D eigenvalue weighted by Crippen LogP contribution is -1.98. The largest absolute Gasteiger partial charge is 0.484 e. The molecule has 0 atom stereocenters. The van der Waals surface area contributed by atoms with E-state index >= 15 is 0 Å². The summed E-state index contributed by atoms with van der Waals surface area (Å²) in [5.41, 5.74) is 0.693. The average molecular weight is 210 g/mol. The van der Waals surface area contributed by atoms with Gasteiger partial charge in [0.25, 0.3) is 0 Å². The van der Waals surface area contributed by atoms with Gasteiger partial charge in [-0.3, -0.25) is 0 Å². The van der Waals surface area contributed by atoms with E-state index in [1.54, 1.807) is 6.20 Å². The zero-order valence-electron chi connectivity index (χ0n) is 7.71. The van der Waals surface area contributed by atoms with Gasteiger partial charge in [-0.1, -0.05) is 6.07 Å². The second-order valence-corrected chi connectivity index (χ2v) is 2.92. The monoisotopic (exact) mass is 210 g/mol. The molecule has 0 radical (unpaired) electrons. The van der Waals surface area contributed by atoms with Crippen molar-refractivity contribution in [2.24, 2.45) is 0 Å². The van der Waals surface area contributed by atoms with Crippen LogP contribution in [0.5, 0.6) is 5.75 Å². The van der Waals surface area contributed by atoms with E-state index < -0.39 is 11.6 Å². The third-order valence-electron chi connectivity index (χ3n) is 1.85. The minimum Gasteiger partial charge on any atom is -0.484 e. The maximum Gasteiger partial charge on any atom is 0.200 e. The van der Waals surface area contributed by atoms with E-state index in [0.29, 0.717) is 5.69 Å². The van der Waals surface area contributed by atoms with Crippen LogP contribution in [0.2, 0.25) is 0 Å². The highest BCUT2D eigenvalue weighted by molar-refractivity contribution is 5.25. The highest BCUT2D eigenvalue weighted by Gasteiger charge is 2.08. The Morgan fingerprint density at radius 2 is 2.20 bits per heavy atom. The van der Waals surface area contributed by atoms with Crippen molar-refractivity contribution < 1.29 is 13.5 Å². The van der Waals surface area contributed by atoms with Crippen molar-refractivity contribution in [2.75, 3.05) is 0 Å². The number of nitrogens with one attached hydrogen (secondary N) is 1. The molecule has 0 aliphatic heterocycles. The summed E-state index contributed by atoms with van der Waals surface area (Å²) in [5, 5.41) is 0. The number of nitrogens with zero attached hydrogens (tertiary/aromatic N) is 1. The SMILES string of the molecule is Fc1cccc(OCc2cnc[nH]2)c1F. The van der Waals surface area contributed by atoms with Crippen molar-refractivity contribution in [1.82, 2.24) is 9.97 Å². The summed E-state index contributed by atoms with van der Waals surface area (Å²) in [6.07, 6.45) is 3.04. The predicted octanol–water partition coefficient (Wildman–Crippen LogP) is 2.27. The van der Waals surface area contributed by atoms with Crippen LogP contribution >= 0.6 is 0 Å². The van der Waals surface area contributed by atoms with Gasteiger partial charge in [0.1, 0.15) is 6.61 Å². The van der Waals surface area contributed by atoms with Gasteiger partial charge in [-0.25, -0.2) is 9.37 Å². The topological polar surface area (TPSA) is 37.9 Å². The number of imidazole rings is 1. The highest BCUT2D eigenvalue weighted by Crippen LogP contribution is 2.19. The van der Waals surface area contributed by atoms with E-state index in [2.05, 4.69) is 9.97 Å². The first-order valence-corrected chi connectivity index (χ1v) is 4.31. The molecule has 2 rings (SSSR count). The molecule has 3 nitrogen and oxygen atoms in total. The van der Waals surface area contributed by atoms with Crippen LogP contribution < -0.4 is 4.74 Å². The minimum absolute atomic E-state index is 0.107. The molecule has 0 spiro atoms. The smallest absolute Gasteiger partial charge is 0.200 e. The van der Waals surface area contributed by atoms with Crippen molar-refractivity contribution in [3.8, 4) is 5.75 Å². The molecule has 0 fully saturated rings. The Labute approximate surface area is 84.7 Å². The summed E-state index contributed by atoms with van der Waals surface area (Å²) in [4.78, 5) is 6.56. The maximum atomic E-state index is 13.1. The van der Waals surface area contributed by atoms with Gasteiger partial charge in [-0.05, 0) is 12.1 Å². The van der Waals surface area contributed by atoms with Crippen molar-refractivity contribution in [2.45, 2.75) is 6.61 Å². The molecular formula is C10H8F2N2O. The number of H-pyrrole nitrogens is 1. The van der Waals surface area contributed by atoms with Gasteiger partial charge in [0, 0.05) is 0 Å². The van der Waals surface area contributed by atoms with Crippen molar-refractivity contribution >= 4 is 0 Å². The van der Waals surface area contributed by atoms with Crippen LogP contribution in [0.3, 0.4) is 0 Å². The first-order valence-electron chi connectivity index (χ1n) is 4.31. The lowest BCUT2D eigenvalue weighted by atomic mass is 10.3. The second-order valence-electron chi connectivity index (χ2n) is 2.92. The Bertz CT molecular complexity index is 443. The van der Waals surface area contributed by atoms with Gasteiger partial charge in [-0.15, -0.1) is 0 Å². The van der Waals surface area contributed by atoms with Gasteiger partial charge in [0.05, 0.1) is 18.2 Å². The van der Waals surface area contributed by atoms with E-state index in [-0.39, 0.29) is 12.4 Å². The Morgan fingerprint density at radius 1 is 1.33 bits per heavy atom. The van der Waals surface area contributed by atoms with Crippen LogP contribution in [0.25, 0.3) is 0 Å². The summed E-state index contributed by atoms with van der Waals surface area (Å²) >= 11 is 0. The van der Waals surface area contributed by atoms with Crippen LogP contribution in [0, 0.1) is 11.6 Å². The van der Waals surface area contributed by atoms with E-state index in [0.717, 1.165) is 6.07 Å². The highest BCUT2D eigenvalue weighted by atomic mass is 19.2. The summed E-state index contributed by atoms with van der Waals surface area (Å²) in [5.74, 6) is -2.00. The molecule has 0 saturated carbocycles. The molecule has 5 heteroatoms. The van der Waals surface area contributed by atoms with Gasteiger partial charge in [0.2, 0.25) is 5.82 Å². The Balaban J connectivity index is 2.08.